The van der Waals surface area contributed by atoms with E-state index in [0.29, 0.717) is 15.5 Å². The predicted octanol–water partition coefficient (Wildman–Crippen LogP) is 4.18. The highest BCUT2D eigenvalue weighted by Gasteiger charge is 2.16. The standard InChI is InChI=1S/C14H8ClNOS/c15-12-5-7-18-14(12)13(17)11-3-1-2-9-8-16-6-4-10(9)11/h1-8H. The van der Waals surface area contributed by atoms with Crippen LogP contribution in [0.25, 0.3) is 10.8 Å². The van der Waals surface area contributed by atoms with Crippen LogP contribution in [0.4, 0.5) is 0 Å². The molecular weight excluding hydrogens is 266 g/mol. The summed E-state index contributed by atoms with van der Waals surface area (Å²) < 4.78 is 0. The maximum Gasteiger partial charge on any atom is 0.205 e. The monoisotopic (exact) mass is 273 g/mol. The van der Waals surface area contributed by atoms with Crippen LogP contribution in [0.15, 0.2) is 48.1 Å². The van der Waals surface area contributed by atoms with E-state index in [1.807, 2.05) is 29.6 Å². The van der Waals surface area contributed by atoms with Gasteiger partial charge >= 0.3 is 0 Å². The molecule has 0 fully saturated rings. The van der Waals surface area contributed by atoms with Gasteiger partial charge in [0.2, 0.25) is 5.78 Å². The predicted molar refractivity (Wildman–Crippen MR) is 74.5 cm³/mol. The van der Waals surface area contributed by atoms with E-state index in [9.17, 15) is 4.79 Å². The lowest BCUT2D eigenvalue weighted by Gasteiger charge is -2.04. The highest BCUT2D eigenvalue weighted by molar-refractivity contribution is 7.13. The number of thiophene rings is 1. The number of carbonyl (C=O) groups excluding carboxylic acids is 1. The molecule has 2 heterocycles. The fourth-order valence-electron chi connectivity index (χ4n) is 1.90. The Morgan fingerprint density at radius 2 is 2.11 bits per heavy atom. The van der Waals surface area contributed by atoms with E-state index in [4.69, 9.17) is 11.6 Å². The Kier molecular flexibility index (Phi) is 2.86. The fraction of sp³-hybridized carbons (Fsp3) is 0. The van der Waals surface area contributed by atoms with Gasteiger partial charge in [0.25, 0.3) is 0 Å². The second-order valence-corrected chi connectivity index (χ2v) is 5.15. The lowest BCUT2D eigenvalue weighted by Crippen LogP contribution is -2.00. The largest absolute Gasteiger partial charge is 0.288 e. The van der Waals surface area contributed by atoms with Crippen LogP contribution in [0, 0.1) is 0 Å². The van der Waals surface area contributed by atoms with Gasteiger partial charge in [0.1, 0.15) is 0 Å². The molecule has 4 heteroatoms. The first kappa shape index (κ1) is 11.4. The molecule has 0 saturated carbocycles. The summed E-state index contributed by atoms with van der Waals surface area (Å²) in [6.07, 6.45) is 3.44. The van der Waals surface area contributed by atoms with E-state index in [0.717, 1.165) is 10.8 Å². The Balaban J connectivity index is 2.21. The van der Waals surface area contributed by atoms with Crippen LogP contribution in [0.1, 0.15) is 15.2 Å². The maximum absolute atomic E-state index is 12.4. The van der Waals surface area contributed by atoms with Crippen molar-refractivity contribution in [1.29, 1.82) is 0 Å². The van der Waals surface area contributed by atoms with Gasteiger partial charge in [-0.15, -0.1) is 11.3 Å². The molecule has 3 rings (SSSR count). The van der Waals surface area contributed by atoms with Gasteiger partial charge in [-0.3, -0.25) is 9.78 Å². The van der Waals surface area contributed by atoms with Crippen molar-refractivity contribution in [3.63, 3.8) is 0 Å². The molecule has 0 aliphatic carbocycles. The summed E-state index contributed by atoms with van der Waals surface area (Å²) in [5, 5.41) is 4.19. The third-order valence-corrected chi connectivity index (χ3v) is 4.09. The lowest BCUT2D eigenvalue weighted by atomic mass is 10.0. The minimum absolute atomic E-state index is 0.0354. The minimum atomic E-state index is -0.0354. The summed E-state index contributed by atoms with van der Waals surface area (Å²) in [6, 6.07) is 9.21. The molecule has 0 radical (unpaired) electrons. The summed E-state index contributed by atoms with van der Waals surface area (Å²) in [5.74, 6) is -0.0354. The Hall–Kier alpha value is -1.71. The highest BCUT2D eigenvalue weighted by Crippen LogP contribution is 2.27. The van der Waals surface area contributed by atoms with Crippen molar-refractivity contribution in [1.82, 2.24) is 4.98 Å². The number of rotatable bonds is 2. The average molecular weight is 274 g/mol. The Morgan fingerprint density at radius 1 is 1.22 bits per heavy atom. The zero-order valence-corrected chi connectivity index (χ0v) is 10.8. The summed E-state index contributed by atoms with van der Waals surface area (Å²) in [7, 11) is 0. The number of aromatic nitrogens is 1. The molecule has 2 nitrogen and oxygen atoms in total. The summed E-state index contributed by atoms with van der Waals surface area (Å²) in [5.41, 5.74) is 0.666. The highest BCUT2D eigenvalue weighted by atomic mass is 35.5. The van der Waals surface area contributed by atoms with Crippen LogP contribution in [-0.2, 0) is 0 Å². The zero-order valence-electron chi connectivity index (χ0n) is 9.26. The number of hydrogen-bond donors (Lipinski definition) is 0. The number of fused-ring (bicyclic) bond motifs is 1. The van der Waals surface area contributed by atoms with Crippen molar-refractivity contribution in [2.24, 2.45) is 0 Å². The van der Waals surface area contributed by atoms with Crippen molar-refractivity contribution in [2.75, 3.05) is 0 Å². The molecular formula is C14H8ClNOS. The molecule has 0 bridgehead atoms. The number of carbonyl (C=O) groups is 1. The number of pyridine rings is 1. The Bertz CT molecular complexity index is 730. The first-order chi connectivity index (χ1) is 8.77. The molecule has 18 heavy (non-hydrogen) atoms. The number of hydrogen-bond acceptors (Lipinski definition) is 3. The van der Waals surface area contributed by atoms with Gasteiger partial charge in [-0.1, -0.05) is 29.8 Å². The van der Waals surface area contributed by atoms with Crippen molar-refractivity contribution in [3.05, 3.63) is 63.6 Å². The average Bonchev–Trinajstić information content (AvgIpc) is 2.83. The Labute approximate surface area is 113 Å². The van der Waals surface area contributed by atoms with Gasteiger partial charge in [0.15, 0.2) is 0 Å². The van der Waals surface area contributed by atoms with Gasteiger partial charge < -0.3 is 0 Å². The molecule has 0 atom stereocenters. The van der Waals surface area contributed by atoms with Gasteiger partial charge in [-0.05, 0) is 22.9 Å². The molecule has 0 aliphatic rings. The first-order valence-corrected chi connectivity index (χ1v) is 6.63. The second-order valence-electron chi connectivity index (χ2n) is 3.83. The van der Waals surface area contributed by atoms with E-state index in [-0.39, 0.29) is 5.78 Å². The van der Waals surface area contributed by atoms with Crippen molar-refractivity contribution in [3.8, 4) is 0 Å². The maximum atomic E-state index is 12.4. The molecule has 2 aromatic heterocycles. The van der Waals surface area contributed by atoms with E-state index in [2.05, 4.69) is 4.98 Å². The van der Waals surface area contributed by atoms with Crippen LogP contribution < -0.4 is 0 Å². The number of halogens is 1. The second kappa shape index (κ2) is 4.52. The van der Waals surface area contributed by atoms with Crippen molar-refractivity contribution in [2.45, 2.75) is 0 Å². The third kappa shape index (κ3) is 1.82. The van der Waals surface area contributed by atoms with E-state index < -0.39 is 0 Å². The first-order valence-electron chi connectivity index (χ1n) is 5.38. The van der Waals surface area contributed by atoms with Crippen LogP contribution in [0.2, 0.25) is 5.02 Å². The molecule has 3 aromatic rings. The summed E-state index contributed by atoms with van der Waals surface area (Å²) >= 11 is 7.38. The fourth-order valence-corrected chi connectivity index (χ4v) is 2.99. The van der Waals surface area contributed by atoms with Crippen LogP contribution in [-0.4, -0.2) is 10.8 Å². The quantitative estimate of drug-likeness (QED) is 0.656. The number of nitrogens with zero attached hydrogens (tertiary/aromatic N) is 1. The summed E-state index contributed by atoms with van der Waals surface area (Å²) in [6.45, 7) is 0. The topological polar surface area (TPSA) is 30.0 Å². The van der Waals surface area contributed by atoms with Gasteiger partial charge in [-0.25, -0.2) is 0 Å². The van der Waals surface area contributed by atoms with Gasteiger partial charge in [-0.2, -0.15) is 0 Å². The molecule has 0 unspecified atom stereocenters. The molecule has 0 aliphatic heterocycles. The molecule has 0 saturated heterocycles. The molecule has 0 N–H and O–H groups in total. The normalized spacial score (nSPS) is 10.7. The van der Waals surface area contributed by atoms with E-state index >= 15 is 0 Å². The number of benzene rings is 1. The molecule has 0 amide bonds. The van der Waals surface area contributed by atoms with E-state index in [1.54, 1.807) is 18.5 Å². The minimum Gasteiger partial charge on any atom is -0.288 e. The smallest absolute Gasteiger partial charge is 0.205 e. The van der Waals surface area contributed by atoms with Crippen molar-refractivity contribution >= 4 is 39.5 Å². The van der Waals surface area contributed by atoms with Crippen molar-refractivity contribution < 1.29 is 4.79 Å². The summed E-state index contributed by atoms with van der Waals surface area (Å²) in [4.78, 5) is 17.1. The Morgan fingerprint density at radius 3 is 2.89 bits per heavy atom. The van der Waals surface area contributed by atoms with Gasteiger partial charge in [0.05, 0.1) is 9.90 Å². The van der Waals surface area contributed by atoms with Gasteiger partial charge in [0, 0.05) is 23.3 Å². The SMILES string of the molecule is O=C(c1sccc1Cl)c1cccc2cnccc12. The van der Waals surface area contributed by atoms with Crippen LogP contribution in [0.3, 0.4) is 0 Å². The molecule has 0 spiro atoms. The van der Waals surface area contributed by atoms with Crippen LogP contribution in [0.5, 0.6) is 0 Å². The van der Waals surface area contributed by atoms with Crippen LogP contribution >= 0.6 is 22.9 Å². The lowest BCUT2D eigenvalue weighted by molar-refractivity contribution is 0.104. The van der Waals surface area contributed by atoms with E-state index in [1.165, 1.54) is 11.3 Å². The number of ketones is 1. The zero-order chi connectivity index (χ0) is 12.5. The molecule has 1 aromatic carbocycles. The molecule has 88 valence electrons. The third-order valence-electron chi connectivity index (χ3n) is 2.75.